The third-order valence-corrected chi connectivity index (χ3v) is 3.17. The van der Waals surface area contributed by atoms with Crippen LogP contribution in [0.5, 0.6) is 0 Å². The molecule has 0 fully saturated rings. The van der Waals surface area contributed by atoms with Crippen molar-refractivity contribution in [3.63, 3.8) is 0 Å². The van der Waals surface area contributed by atoms with E-state index in [2.05, 4.69) is 29.8 Å². The summed E-state index contributed by atoms with van der Waals surface area (Å²) in [5.74, 6) is 0. The first-order valence-corrected chi connectivity index (χ1v) is 6.97. The van der Waals surface area contributed by atoms with Crippen LogP contribution in [0.25, 0.3) is 0 Å². The Hall–Kier alpha value is -1.55. The van der Waals surface area contributed by atoms with Crippen molar-refractivity contribution < 1.29 is 4.79 Å². The summed E-state index contributed by atoms with van der Waals surface area (Å²) in [6.07, 6.45) is 0.923. The summed E-state index contributed by atoms with van der Waals surface area (Å²) in [6, 6.07) is 8.29. The molecular weight excluding hydrogens is 238 g/mol. The SMILES string of the molecule is CCNC(C)c1ccc(NC(=O)NC(C)CC)cc1. The Bertz CT molecular complexity index is 389. The van der Waals surface area contributed by atoms with Crippen LogP contribution < -0.4 is 16.0 Å². The molecule has 0 aliphatic rings. The summed E-state index contributed by atoms with van der Waals surface area (Å²) < 4.78 is 0. The zero-order chi connectivity index (χ0) is 14.3. The van der Waals surface area contributed by atoms with Gasteiger partial charge in [0.2, 0.25) is 0 Å². The molecule has 2 atom stereocenters. The monoisotopic (exact) mass is 263 g/mol. The van der Waals surface area contributed by atoms with E-state index in [9.17, 15) is 4.79 Å². The fraction of sp³-hybridized carbons (Fsp3) is 0.533. The Labute approximate surface area is 116 Å². The number of carbonyl (C=O) groups is 1. The van der Waals surface area contributed by atoms with E-state index in [0.29, 0.717) is 6.04 Å². The number of anilines is 1. The van der Waals surface area contributed by atoms with E-state index in [1.165, 1.54) is 5.56 Å². The van der Waals surface area contributed by atoms with E-state index in [1.54, 1.807) is 0 Å². The molecule has 2 amide bonds. The molecule has 3 N–H and O–H groups in total. The molecule has 0 bridgehead atoms. The molecule has 1 aromatic rings. The van der Waals surface area contributed by atoms with Gasteiger partial charge in [-0.15, -0.1) is 0 Å². The highest BCUT2D eigenvalue weighted by Gasteiger charge is 2.06. The van der Waals surface area contributed by atoms with Crippen molar-refractivity contribution in [3.05, 3.63) is 29.8 Å². The minimum Gasteiger partial charge on any atom is -0.335 e. The third-order valence-electron chi connectivity index (χ3n) is 3.17. The van der Waals surface area contributed by atoms with Crippen LogP contribution >= 0.6 is 0 Å². The second kappa shape index (κ2) is 7.79. The Morgan fingerprint density at radius 2 is 1.79 bits per heavy atom. The molecule has 0 aliphatic heterocycles. The van der Waals surface area contributed by atoms with E-state index in [4.69, 9.17) is 0 Å². The van der Waals surface area contributed by atoms with Crippen LogP contribution in [-0.2, 0) is 0 Å². The number of urea groups is 1. The van der Waals surface area contributed by atoms with Crippen LogP contribution in [0, 0.1) is 0 Å². The van der Waals surface area contributed by atoms with Gasteiger partial charge >= 0.3 is 6.03 Å². The molecule has 1 rings (SSSR count). The number of amides is 2. The van der Waals surface area contributed by atoms with Crippen LogP contribution in [-0.4, -0.2) is 18.6 Å². The average Bonchev–Trinajstić information content (AvgIpc) is 2.39. The quantitative estimate of drug-likeness (QED) is 0.737. The van der Waals surface area contributed by atoms with Gasteiger partial charge in [0.05, 0.1) is 0 Å². The topological polar surface area (TPSA) is 53.2 Å². The average molecular weight is 263 g/mol. The standard InChI is InChI=1S/C15H25N3O/c1-5-11(3)17-15(19)18-14-9-7-13(8-10-14)12(4)16-6-2/h7-12,16H,5-6H2,1-4H3,(H2,17,18,19). The lowest BCUT2D eigenvalue weighted by molar-refractivity contribution is 0.249. The second-order valence-corrected chi connectivity index (χ2v) is 4.81. The Balaban J connectivity index is 2.54. The van der Waals surface area contributed by atoms with E-state index in [-0.39, 0.29) is 12.1 Å². The molecule has 0 radical (unpaired) electrons. The summed E-state index contributed by atoms with van der Waals surface area (Å²) in [4.78, 5) is 11.7. The number of nitrogens with one attached hydrogen (secondary N) is 3. The molecule has 106 valence electrons. The van der Waals surface area contributed by atoms with Gasteiger partial charge in [-0.2, -0.15) is 0 Å². The summed E-state index contributed by atoms with van der Waals surface area (Å²) >= 11 is 0. The Morgan fingerprint density at radius 3 is 2.32 bits per heavy atom. The van der Waals surface area contributed by atoms with Gasteiger partial charge in [-0.05, 0) is 44.5 Å². The number of carbonyl (C=O) groups excluding carboxylic acids is 1. The molecule has 19 heavy (non-hydrogen) atoms. The van der Waals surface area contributed by atoms with Gasteiger partial charge in [-0.3, -0.25) is 0 Å². The smallest absolute Gasteiger partial charge is 0.319 e. The molecule has 4 nitrogen and oxygen atoms in total. The fourth-order valence-electron chi connectivity index (χ4n) is 1.77. The number of hydrogen-bond acceptors (Lipinski definition) is 2. The minimum absolute atomic E-state index is 0.151. The number of benzene rings is 1. The summed E-state index contributed by atoms with van der Waals surface area (Å²) in [5.41, 5.74) is 2.03. The van der Waals surface area contributed by atoms with Gasteiger partial charge in [-0.25, -0.2) is 4.79 Å². The molecular formula is C15H25N3O. The molecule has 0 saturated heterocycles. The van der Waals surface area contributed by atoms with E-state index < -0.39 is 0 Å². The van der Waals surface area contributed by atoms with Gasteiger partial charge in [-0.1, -0.05) is 26.0 Å². The maximum atomic E-state index is 11.7. The molecule has 4 heteroatoms. The lowest BCUT2D eigenvalue weighted by atomic mass is 10.1. The maximum Gasteiger partial charge on any atom is 0.319 e. The van der Waals surface area contributed by atoms with Crippen molar-refractivity contribution in [2.45, 2.75) is 46.2 Å². The van der Waals surface area contributed by atoms with Gasteiger partial charge < -0.3 is 16.0 Å². The van der Waals surface area contributed by atoms with Crippen molar-refractivity contribution in [2.24, 2.45) is 0 Å². The maximum absolute atomic E-state index is 11.7. The third kappa shape index (κ3) is 5.30. The molecule has 0 heterocycles. The van der Waals surface area contributed by atoms with Gasteiger partial charge in [0, 0.05) is 17.8 Å². The predicted octanol–water partition coefficient (Wildman–Crippen LogP) is 3.28. The van der Waals surface area contributed by atoms with Crippen molar-refractivity contribution in [3.8, 4) is 0 Å². The van der Waals surface area contributed by atoms with E-state index >= 15 is 0 Å². The summed E-state index contributed by atoms with van der Waals surface area (Å²) in [5, 5.41) is 9.06. The van der Waals surface area contributed by atoms with Gasteiger partial charge in [0.1, 0.15) is 0 Å². The Morgan fingerprint density at radius 1 is 1.16 bits per heavy atom. The predicted molar refractivity (Wildman–Crippen MR) is 80.4 cm³/mol. The van der Waals surface area contributed by atoms with Crippen LogP contribution in [0.2, 0.25) is 0 Å². The fourth-order valence-corrected chi connectivity index (χ4v) is 1.77. The first-order chi connectivity index (χ1) is 9.06. The first-order valence-electron chi connectivity index (χ1n) is 6.97. The number of rotatable bonds is 6. The summed E-state index contributed by atoms with van der Waals surface area (Å²) in [6.45, 7) is 9.19. The van der Waals surface area contributed by atoms with Crippen molar-refractivity contribution in [1.82, 2.24) is 10.6 Å². The minimum atomic E-state index is -0.151. The van der Waals surface area contributed by atoms with E-state index in [1.807, 2.05) is 38.1 Å². The molecule has 0 spiro atoms. The molecule has 1 aromatic carbocycles. The van der Waals surface area contributed by atoms with Crippen molar-refractivity contribution in [1.29, 1.82) is 0 Å². The van der Waals surface area contributed by atoms with E-state index in [0.717, 1.165) is 18.7 Å². The van der Waals surface area contributed by atoms with Crippen LogP contribution in [0.3, 0.4) is 0 Å². The van der Waals surface area contributed by atoms with Crippen molar-refractivity contribution in [2.75, 3.05) is 11.9 Å². The van der Waals surface area contributed by atoms with Crippen LogP contribution in [0.1, 0.15) is 45.7 Å². The lowest BCUT2D eigenvalue weighted by Crippen LogP contribution is -2.35. The molecule has 0 aromatic heterocycles. The molecule has 0 aliphatic carbocycles. The highest BCUT2D eigenvalue weighted by molar-refractivity contribution is 5.89. The highest BCUT2D eigenvalue weighted by Crippen LogP contribution is 2.15. The van der Waals surface area contributed by atoms with Gasteiger partial charge in [0.25, 0.3) is 0 Å². The second-order valence-electron chi connectivity index (χ2n) is 4.81. The highest BCUT2D eigenvalue weighted by atomic mass is 16.2. The molecule has 0 saturated carbocycles. The zero-order valence-electron chi connectivity index (χ0n) is 12.3. The molecule has 2 unspecified atom stereocenters. The van der Waals surface area contributed by atoms with Crippen molar-refractivity contribution >= 4 is 11.7 Å². The Kier molecular flexibility index (Phi) is 6.36. The normalized spacial score (nSPS) is 13.7. The lowest BCUT2D eigenvalue weighted by Gasteiger charge is -2.15. The summed E-state index contributed by atoms with van der Waals surface area (Å²) in [7, 11) is 0. The number of hydrogen-bond donors (Lipinski definition) is 3. The van der Waals surface area contributed by atoms with Crippen LogP contribution in [0.15, 0.2) is 24.3 Å². The first kappa shape index (κ1) is 15.5. The zero-order valence-corrected chi connectivity index (χ0v) is 12.3. The van der Waals surface area contributed by atoms with Gasteiger partial charge in [0.15, 0.2) is 0 Å². The van der Waals surface area contributed by atoms with Crippen LogP contribution in [0.4, 0.5) is 10.5 Å². The largest absolute Gasteiger partial charge is 0.335 e.